The largest absolute Gasteiger partial charge is 0.465 e. The van der Waals surface area contributed by atoms with Crippen LogP contribution < -0.4 is 5.32 Å². The van der Waals surface area contributed by atoms with Gasteiger partial charge in [-0.1, -0.05) is 36.4 Å². The Balaban J connectivity index is 0.000000224. The third kappa shape index (κ3) is 11.0. The lowest BCUT2D eigenvalue weighted by atomic mass is 9.86. The Hall–Kier alpha value is -5.39. The van der Waals surface area contributed by atoms with Crippen molar-refractivity contribution < 1.29 is 64.5 Å². The number of methoxy groups -OCH3 is 2. The zero-order valence-electron chi connectivity index (χ0n) is 35.9. The quantitative estimate of drug-likeness (QED) is 0.0760. The number of para-hydroxylation sites is 2. The van der Waals surface area contributed by atoms with E-state index >= 15 is 0 Å². The fourth-order valence-corrected chi connectivity index (χ4v) is 8.87. The molecule has 1 amide bonds. The fraction of sp³-hybridized carbons (Fsp3) is 0.523. The molecule has 0 saturated carbocycles. The minimum atomic E-state index is -3.57. The third-order valence-corrected chi connectivity index (χ3v) is 11.9. The monoisotopic (exact) mass is 880 g/mol. The Morgan fingerprint density at radius 3 is 1.48 bits per heavy atom. The van der Waals surface area contributed by atoms with Gasteiger partial charge in [0.05, 0.1) is 25.3 Å². The number of carbonyl (C=O) groups is 5. The summed E-state index contributed by atoms with van der Waals surface area (Å²) in [4.78, 5) is 57.1. The maximum atomic E-state index is 12.8. The first kappa shape index (κ1) is 49.3. The molecule has 6 unspecified atom stereocenters. The Labute approximate surface area is 355 Å². The van der Waals surface area contributed by atoms with Crippen LogP contribution in [0.2, 0.25) is 0 Å². The summed E-state index contributed by atoms with van der Waals surface area (Å²) in [5.41, 5.74) is 5.19. The van der Waals surface area contributed by atoms with Gasteiger partial charge in [-0.2, -0.15) is 26.3 Å². The van der Waals surface area contributed by atoms with E-state index in [-0.39, 0.29) is 29.9 Å². The normalized spacial score (nSPS) is 19.9. The van der Waals surface area contributed by atoms with E-state index in [0.29, 0.717) is 48.5 Å². The summed E-state index contributed by atoms with van der Waals surface area (Å²) in [7, 11) is 2.82. The minimum Gasteiger partial charge on any atom is -0.465 e. The van der Waals surface area contributed by atoms with E-state index in [1.54, 1.807) is 0 Å². The van der Waals surface area contributed by atoms with Crippen LogP contribution in [0.15, 0.2) is 48.5 Å². The second-order valence-electron chi connectivity index (χ2n) is 15.6. The second kappa shape index (κ2) is 21.6. The molecule has 0 bridgehead atoms. The van der Waals surface area contributed by atoms with E-state index in [1.165, 1.54) is 32.0 Å². The van der Waals surface area contributed by atoms with Gasteiger partial charge in [0.2, 0.25) is 0 Å². The smallest absolute Gasteiger partial charge is 0.381 e. The topological polar surface area (TPSA) is 138 Å². The number of fused-ring (bicyclic) bond motifs is 2. The predicted octanol–water partition coefficient (Wildman–Crippen LogP) is 8.46. The number of esters is 4. The molecule has 6 rings (SSSR count). The number of hydrogen-bond donors (Lipinski definition) is 1. The van der Waals surface area contributed by atoms with Gasteiger partial charge < -0.3 is 33.6 Å². The molecule has 18 heteroatoms. The van der Waals surface area contributed by atoms with Crippen LogP contribution in [0.1, 0.15) is 97.6 Å². The summed E-state index contributed by atoms with van der Waals surface area (Å²) in [5, 5.41) is 5.36. The number of piperidine rings is 2. The number of amides is 1. The van der Waals surface area contributed by atoms with Crippen LogP contribution in [0.25, 0.3) is 21.8 Å². The van der Waals surface area contributed by atoms with Crippen molar-refractivity contribution in [1.82, 2.24) is 19.4 Å². The van der Waals surface area contributed by atoms with Crippen molar-refractivity contribution in [3.05, 3.63) is 71.0 Å². The number of carbonyl (C=O) groups excluding carboxylic acids is 5. The number of likely N-dealkylation sites (tertiary alicyclic amines) is 1. The first-order valence-electron chi connectivity index (χ1n) is 20.3. The Morgan fingerprint density at radius 1 is 0.661 bits per heavy atom. The van der Waals surface area contributed by atoms with Crippen molar-refractivity contribution in [2.24, 2.45) is 11.8 Å². The van der Waals surface area contributed by atoms with Crippen molar-refractivity contribution in [2.75, 3.05) is 27.3 Å². The number of benzene rings is 2. The minimum absolute atomic E-state index is 0.0505. The van der Waals surface area contributed by atoms with E-state index in [2.05, 4.69) is 46.0 Å². The van der Waals surface area contributed by atoms with Crippen LogP contribution in [-0.4, -0.2) is 102 Å². The number of aromatic nitrogens is 2. The molecule has 2 fully saturated rings. The van der Waals surface area contributed by atoms with Crippen LogP contribution >= 0.6 is 0 Å². The van der Waals surface area contributed by atoms with E-state index in [4.69, 9.17) is 9.47 Å². The SMILES string of the molecule is COC(=O)c1c(C)n(C(C)C2CCN(C(=O)C(F)F)C(C)C2)c2ccccc12.COC(=O)c1c(C)n(C(C)C2CCNC(C)C2)c2ccccc12.O=C(OC(=O)C(F)F)C(F)F. The number of nitrogens with one attached hydrogen (secondary N) is 1. The van der Waals surface area contributed by atoms with Crippen LogP contribution in [0.4, 0.5) is 26.3 Å². The van der Waals surface area contributed by atoms with E-state index in [1.807, 2.05) is 63.2 Å². The van der Waals surface area contributed by atoms with Gasteiger partial charge in [-0.25, -0.2) is 19.2 Å². The molecule has 340 valence electrons. The molecule has 2 aliphatic heterocycles. The zero-order valence-corrected chi connectivity index (χ0v) is 35.9. The lowest BCUT2D eigenvalue weighted by Gasteiger charge is -2.40. The van der Waals surface area contributed by atoms with Crippen LogP contribution in [0, 0.1) is 25.7 Å². The predicted molar refractivity (Wildman–Crippen MR) is 219 cm³/mol. The van der Waals surface area contributed by atoms with Gasteiger partial charge in [0, 0.05) is 63.9 Å². The highest BCUT2D eigenvalue weighted by Gasteiger charge is 2.36. The molecule has 2 aliphatic rings. The third-order valence-electron chi connectivity index (χ3n) is 11.9. The van der Waals surface area contributed by atoms with Gasteiger partial charge >= 0.3 is 43.2 Å². The van der Waals surface area contributed by atoms with Crippen molar-refractivity contribution in [2.45, 2.75) is 111 Å². The summed E-state index contributed by atoms with van der Waals surface area (Å²) < 4.78 is 87.8. The maximum absolute atomic E-state index is 12.8. The molecule has 2 saturated heterocycles. The Kier molecular flexibility index (Phi) is 17.2. The number of nitrogens with zero attached hydrogens (tertiary/aromatic N) is 3. The van der Waals surface area contributed by atoms with Crippen LogP contribution in [0.5, 0.6) is 0 Å². The molecule has 62 heavy (non-hydrogen) atoms. The average Bonchev–Trinajstić information content (AvgIpc) is 3.71. The molecule has 0 aliphatic carbocycles. The highest BCUT2D eigenvalue weighted by Crippen LogP contribution is 2.38. The van der Waals surface area contributed by atoms with E-state index in [9.17, 15) is 50.3 Å². The second-order valence-corrected chi connectivity index (χ2v) is 15.6. The van der Waals surface area contributed by atoms with Gasteiger partial charge in [0.25, 0.3) is 5.91 Å². The highest BCUT2D eigenvalue weighted by molar-refractivity contribution is 6.06. The van der Waals surface area contributed by atoms with Gasteiger partial charge in [0.15, 0.2) is 0 Å². The lowest BCUT2D eigenvalue weighted by Crippen LogP contribution is -2.48. The van der Waals surface area contributed by atoms with Crippen molar-refractivity contribution in [1.29, 1.82) is 0 Å². The van der Waals surface area contributed by atoms with Crippen molar-refractivity contribution in [3.63, 3.8) is 0 Å². The summed E-state index contributed by atoms with van der Waals surface area (Å²) in [5.74, 6) is -5.42. The number of alkyl halides is 6. The van der Waals surface area contributed by atoms with Crippen LogP contribution in [0.3, 0.4) is 0 Å². The number of ether oxygens (including phenoxy) is 3. The summed E-state index contributed by atoms with van der Waals surface area (Å²) >= 11 is 0. The first-order valence-corrected chi connectivity index (χ1v) is 20.3. The molecular weight excluding hydrogens is 826 g/mol. The summed E-state index contributed by atoms with van der Waals surface area (Å²) in [6.45, 7) is 13.8. The van der Waals surface area contributed by atoms with E-state index < -0.39 is 37.1 Å². The van der Waals surface area contributed by atoms with Gasteiger partial charge in [-0.3, -0.25) is 4.79 Å². The number of rotatable bonds is 9. The van der Waals surface area contributed by atoms with Gasteiger partial charge in [-0.05, 0) is 97.7 Å². The number of halogens is 6. The molecule has 4 aromatic rings. The van der Waals surface area contributed by atoms with Gasteiger partial charge in [-0.15, -0.1) is 0 Å². The summed E-state index contributed by atoms with van der Waals surface area (Å²) in [6, 6.07) is 16.6. The zero-order chi connectivity index (χ0) is 46.2. The molecule has 6 atom stereocenters. The molecular formula is C44H54F6N4O8. The van der Waals surface area contributed by atoms with Crippen LogP contribution in [-0.2, 0) is 28.6 Å². The van der Waals surface area contributed by atoms with Crippen molar-refractivity contribution >= 4 is 51.6 Å². The molecule has 12 nitrogen and oxygen atoms in total. The molecule has 0 spiro atoms. The van der Waals surface area contributed by atoms with Crippen molar-refractivity contribution in [3.8, 4) is 0 Å². The standard InChI is InChI=1S/C21H26F2N2O3.C19H26N2O2.C4H2F4O3/c1-12-11-15(9-10-24(12)20(26)19(22)23)13(2)25-14(3)18(21(27)28-4)16-7-5-6-8-17(16)25;1-12-11-15(9-10-20-12)13(2)21-14(3)18(19(22)23-4)16-7-5-6-8-17(16)21;5-1(6)3(9)11-4(10)2(7)8/h5-8,12-13,15,19H,9-11H2,1-4H3;5-8,12-13,15,20H,9-11H2,1-4H3;1-2H. The maximum Gasteiger partial charge on any atom is 0.381 e. The highest BCUT2D eigenvalue weighted by atomic mass is 19.3. The Bertz CT molecular complexity index is 2210. The molecule has 0 radical (unpaired) electrons. The molecule has 4 heterocycles. The molecule has 2 aromatic carbocycles. The molecule has 1 N–H and O–H groups in total. The van der Waals surface area contributed by atoms with E-state index in [0.717, 1.165) is 39.7 Å². The van der Waals surface area contributed by atoms with Gasteiger partial charge in [0.1, 0.15) is 0 Å². The first-order chi connectivity index (χ1) is 29.3. The fourth-order valence-electron chi connectivity index (χ4n) is 8.87. The Morgan fingerprint density at radius 2 is 1.10 bits per heavy atom. The lowest BCUT2D eigenvalue weighted by molar-refractivity contribution is -0.174. The summed E-state index contributed by atoms with van der Waals surface area (Å²) in [6.07, 6.45) is -6.49. The average molecular weight is 881 g/mol. The molecule has 2 aromatic heterocycles. The number of hydrogen-bond acceptors (Lipinski definition) is 9.